The SMILES string of the molecule is O=C(CN1CCCCC1CCO)Nc1ccccc1C(=O)Nc1ccc(Cl)cc1. The Morgan fingerprint density at radius 2 is 1.83 bits per heavy atom. The molecule has 0 spiro atoms. The van der Waals surface area contributed by atoms with E-state index in [9.17, 15) is 14.7 Å². The molecule has 1 heterocycles. The number of halogens is 1. The van der Waals surface area contributed by atoms with Gasteiger partial charge in [0.1, 0.15) is 0 Å². The van der Waals surface area contributed by atoms with Gasteiger partial charge in [-0.15, -0.1) is 0 Å². The van der Waals surface area contributed by atoms with Crippen molar-refractivity contribution in [3.8, 4) is 0 Å². The van der Waals surface area contributed by atoms with Gasteiger partial charge in [-0.1, -0.05) is 30.2 Å². The quantitative estimate of drug-likeness (QED) is 0.643. The van der Waals surface area contributed by atoms with Crippen molar-refractivity contribution >= 4 is 34.8 Å². The Hall–Kier alpha value is -2.41. The predicted molar refractivity (Wildman–Crippen MR) is 115 cm³/mol. The molecule has 0 aromatic heterocycles. The van der Waals surface area contributed by atoms with E-state index < -0.39 is 0 Å². The monoisotopic (exact) mass is 415 g/mol. The number of piperidine rings is 1. The Bertz CT molecular complexity index is 839. The highest BCUT2D eigenvalue weighted by Gasteiger charge is 2.24. The van der Waals surface area contributed by atoms with Gasteiger partial charge in [-0.3, -0.25) is 14.5 Å². The molecular weight excluding hydrogens is 390 g/mol. The number of nitrogens with zero attached hydrogens (tertiary/aromatic N) is 1. The zero-order valence-corrected chi connectivity index (χ0v) is 17.0. The molecule has 1 aliphatic heterocycles. The normalized spacial score (nSPS) is 17.0. The maximum Gasteiger partial charge on any atom is 0.257 e. The number of para-hydroxylation sites is 1. The van der Waals surface area contributed by atoms with Gasteiger partial charge in [-0.25, -0.2) is 0 Å². The van der Waals surface area contributed by atoms with Gasteiger partial charge >= 0.3 is 0 Å². The average Bonchev–Trinajstić information content (AvgIpc) is 2.72. The van der Waals surface area contributed by atoms with Gasteiger partial charge < -0.3 is 15.7 Å². The van der Waals surface area contributed by atoms with Crippen molar-refractivity contribution in [1.82, 2.24) is 4.90 Å². The van der Waals surface area contributed by atoms with Crippen LogP contribution in [0.4, 0.5) is 11.4 Å². The first kappa shape index (κ1) is 21.3. The lowest BCUT2D eigenvalue weighted by molar-refractivity contribution is -0.118. The van der Waals surface area contributed by atoms with E-state index in [0.29, 0.717) is 28.4 Å². The van der Waals surface area contributed by atoms with Crippen LogP contribution in [0.3, 0.4) is 0 Å². The molecule has 2 amide bonds. The van der Waals surface area contributed by atoms with Crippen molar-refractivity contribution in [3.05, 3.63) is 59.1 Å². The average molecular weight is 416 g/mol. The Morgan fingerprint density at radius 3 is 2.59 bits per heavy atom. The van der Waals surface area contributed by atoms with E-state index in [0.717, 1.165) is 25.8 Å². The molecule has 1 saturated heterocycles. The fraction of sp³-hybridized carbons (Fsp3) is 0.364. The minimum atomic E-state index is -0.306. The molecule has 0 aliphatic carbocycles. The number of hydrogen-bond acceptors (Lipinski definition) is 4. The minimum absolute atomic E-state index is 0.122. The van der Waals surface area contributed by atoms with Crippen molar-refractivity contribution in [2.24, 2.45) is 0 Å². The van der Waals surface area contributed by atoms with Crippen LogP contribution in [0.15, 0.2) is 48.5 Å². The second-order valence-corrected chi connectivity index (χ2v) is 7.62. The molecular formula is C22H26ClN3O3. The topological polar surface area (TPSA) is 81.7 Å². The van der Waals surface area contributed by atoms with E-state index in [-0.39, 0.29) is 31.0 Å². The fourth-order valence-electron chi connectivity index (χ4n) is 3.64. The first-order valence-corrected chi connectivity index (χ1v) is 10.3. The number of nitrogens with one attached hydrogen (secondary N) is 2. The van der Waals surface area contributed by atoms with Gasteiger partial charge in [0.05, 0.1) is 17.8 Å². The van der Waals surface area contributed by atoms with Crippen molar-refractivity contribution in [2.75, 3.05) is 30.3 Å². The number of aliphatic hydroxyl groups is 1. The van der Waals surface area contributed by atoms with E-state index in [4.69, 9.17) is 11.6 Å². The molecule has 7 heteroatoms. The first-order chi connectivity index (χ1) is 14.1. The molecule has 0 bridgehead atoms. The zero-order valence-electron chi connectivity index (χ0n) is 16.2. The van der Waals surface area contributed by atoms with E-state index >= 15 is 0 Å². The number of amides is 2. The van der Waals surface area contributed by atoms with Crippen LogP contribution >= 0.6 is 11.6 Å². The van der Waals surface area contributed by atoms with Gasteiger partial charge in [-0.2, -0.15) is 0 Å². The van der Waals surface area contributed by atoms with Gasteiger partial charge in [-0.05, 0) is 62.2 Å². The van der Waals surface area contributed by atoms with Crippen LogP contribution in [-0.4, -0.2) is 47.6 Å². The van der Waals surface area contributed by atoms with Crippen LogP contribution < -0.4 is 10.6 Å². The summed E-state index contributed by atoms with van der Waals surface area (Å²) in [5.41, 5.74) is 1.49. The summed E-state index contributed by atoms with van der Waals surface area (Å²) in [5, 5.41) is 15.5. The molecule has 1 unspecified atom stereocenters. The number of benzene rings is 2. The summed E-state index contributed by atoms with van der Waals surface area (Å²) < 4.78 is 0. The Kier molecular flexibility index (Phi) is 7.63. The highest BCUT2D eigenvalue weighted by atomic mass is 35.5. The smallest absolute Gasteiger partial charge is 0.257 e. The third kappa shape index (κ3) is 6.03. The summed E-state index contributed by atoms with van der Waals surface area (Å²) in [6, 6.07) is 14.0. The number of carbonyl (C=O) groups excluding carboxylic acids is 2. The maximum atomic E-state index is 12.7. The van der Waals surface area contributed by atoms with Crippen LogP contribution in [0.1, 0.15) is 36.0 Å². The van der Waals surface area contributed by atoms with Crippen LogP contribution in [0.2, 0.25) is 5.02 Å². The second kappa shape index (κ2) is 10.4. The molecule has 3 N–H and O–H groups in total. The number of rotatable bonds is 7. The summed E-state index contributed by atoms with van der Waals surface area (Å²) in [6.07, 6.45) is 3.84. The van der Waals surface area contributed by atoms with E-state index in [1.807, 2.05) is 0 Å². The third-order valence-electron chi connectivity index (χ3n) is 5.11. The zero-order chi connectivity index (χ0) is 20.6. The van der Waals surface area contributed by atoms with Gasteiger partial charge in [0.2, 0.25) is 5.91 Å². The fourth-order valence-corrected chi connectivity index (χ4v) is 3.77. The number of hydrogen-bond donors (Lipinski definition) is 3. The molecule has 1 aliphatic rings. The van der Waals surface area contributed by atoms with Crippen LogP contribution in [0.5, 0.6) is 0 Å². The molecule has 154 valence electrons. The first-order valence-electron chi connectivity index (χ1n) is 9.87. The molecule has 3 rings (SSSR count). The second-order valence-electron chi connectivity index (χ2n) is 7.19. The summed E-state index contributed by atoms with van der Waals surface area (Å²) in [5.74, 6) is -0.471. The third-order valence-corrected chi connectivity index (χ3v) is 5.36. The molecule has 2 aromatic carbocycles. The van der Waals surface area contributed by atoms with E-state index in [2.05, 4.69) is 15.5 Å². The number of carbonyl (C=O) groups is 2. The minimum Gasteiger partial charge on any atom is -0.396 e. The van der Waals surface area contributed by atoms with Crippen molar-refractivity contribution in [1.29, 1.82) is 0 Å². The Morgan fingerprint density at radius 1 is 1.07 bits per heavy atom. The standard InChI is InChI=1S/C22H26ClN3O3/c23-16-8-10-17(11-9-16)24-22(29)19-6-1-2-7-20(19)25-21(28)15-26-13-4-3-5-18(26)12-14-27/h1-2,6-11,18,27H,3-5,12-15H2,(H,24,29)(H,25,28). The predicted octanol–water partition coefficient (Wildman–Crippen LogP) is 3.77. The van der Waals surface area contributed by atoms with Crippen molar-refractivity contribution < 1.29 is 14.7 Å². The Labute approximate surface area is 175 Å². The lowest BCUT2D eigenvalue weighted by atomic mass is 9.99. The van der Waals surface area contributed by atoms with Crippen LogP contribution in [0, 0.1) is 0 Å². The summed E-state index contributed by atoms with van der Waals surface area (Å²) in [4.78, 5) is 27.5. The maximum absolute atomic E-state index is 12.7. The number of aliphatic hydroxyl groups excluding tert-OH is 1. The lowest BCUT2D eigenvalue weighted by Crippen LogP contribution is -2.44. The summed E-state index contributed by atoms with van der Waals surface area (Å²) >= 11 is 5.88. The van der Waals surface area contributed by atoms with Crippen LogP contribution in [-0.2, 0) is 4.79 Å². The molecule has 1 atom stereocenters. The lowest BCUT2D eigenvalue weighted by Gasteiger charge is -2.34. The summed E-state index contributed by atoms with van der Waals surface area (Å²) in [6.45, 7) is 1.21. The highest BCUT2D eigenvalue weighted by molar-refractivity contribution is 6.30. The van der Waals surface area contributed by atoms with Crippen molar-refractivity contribution in [3.63, 3.8) is 0 Å². The van der Waals surface area contributed by atoms with E-state index in [1.165, 1.54) is 0 Å². The highest BCUT2D eigenvalue weighted by Crippen LogP contribution is 2.21. The van der Waals surface area contributed by atoms with Crippen LogP contribution in [0.25, 0.3) is 0 Å². The molecule has 0 radical (unpaired) electrons. The van der Waals surface area contributed by atoms with Gasteiger partial charge in [0, 0.05) is 23.4 Å². The van der Waals surface area contributed by atoms with Crippen molar-refractivity contribution in [2.45, 2.75) is 31.7 Å². The molecule has 6 nitrogen and oxygen atoms in total. The number of anilines is 2. The van der Waals surface area contributed by atoms with E-state index in [1.54, 1.807) is 48.5 Å². The molecule has 29 heavy (non-hydrogen) atoms. The Balaban J connectivity index is 1.65. The summed E-state index contributed by atoms with van der Waals surface area (Å²) in [7, 11) is 0. The molecule has 1 fully saturated rings. The molecule has 2 aromatic rings. The number of likely N-dealkylation sites (tertiary alicyclic amines) is 1. The largest absolute Gasteiger partial charge is 0.396 e. The van der Waals surface area contributed by atoms with Gasteiger partial charge in [0.25, 0.3) is 5.91 Å². The van der Waals surface area contributed by atoms with Gasteiger partial charge in [0.15, 0.2) is 0 Å². The molecule has 0 saturated carbocycles.